The molecule has 0 saturated heterocycles. The average molecular weight is 678 g/mol. The van der Waals surface area contributed by atoms with Gasteiger partial charge in [-0.15, -0.1) is 0 Å². The minimum Gasteiger partial charge on any atom is -0.494 e. The van der Waals surface area contributed by atoms with Gasteiger partial charge in [0.1, 0.15) is 11.6 Å². The molecule has 0 bridgehead atoms. The van der Waals surface area contributed by atoms with Gasteiger partial charge >= 0.3 is 0 Å². The van der Waals surface area contributed by atoms with Crippen LogP contribution in [-0.2, 0) is 21.7 Å². The second-order valence-corrected chi connectivity index (χ2v) is 12.4. The van der Waals surface area contributed by atoms with E-state index in [-0.39, 0.29) is 18.3 Å². The van der Waals surface area contributed by atoms with Crippen LogP contribution in [0.3, 0.4) is 0 Å². The van der Waals surface area contributed by atoms with Crippen LogP contribution in [0, 0.1) is 5.82 Å². The van der Waals surface area contributed by atoms with E-state index in [1.165, 1.54) is 12.1 Å². The Morgan fingerprint density at radius 1 is 0.977 bits per heavy atom. The lowest BCUT2D eigenvalue weighted by atomic mass is 9.82. The van der Waals surface area contributed by atoms with E-state index >= 15 is 0 Å². The van der Waals surface area contributed by atoms with Gasteiger partial charge in [0.15, 0.2) is 11.6 Å². The Balaban J connectivity index is 1.42. The molecule has 0 radical (unpaired) electrons. The summed E-state index contributed by atoms with van der Waals surface area (Å²) in [7, 11) is 0. The smallest absolute Gasteiger partial charge is 0.252 e. The molecule has 0 fully saturated rings. The molecule has 6 nitrogen and oxygen atoms in total. The van der Waals surface area contributed by atoms with Gasteiger partial charge in [0.05, 0.1) is 6.61 Å². The number of aliphatic imine (C=N–C) groups is 1. The van der Waals surface area contributed by atoms with Crippen LogP contribution in [-0.4, -0.2) is 48.0 Å². The first-order valence-electron chi connectivity index (χ1n) is 14.5. The molecule has 1 heterocycles. The fraction of sp³-hybridized carbons (Fsp3) is 0.257. The third-order valence-corrected chi connectivity index (χ3v) is 9.00. The normalized spacial score (nSPS) is 17.5. The van der Waals surface area contributed by atoms with Crippen molar-refractivity contribution in [3.05, 3.63) is 136 Å². The number of thioether (sulfide) groups is 1. The molecule has 0 saturated carbocycles. The number of carbonyl (C=O) groups is 1. The number of nitrogens with one attached hydrogen (secondary N) is 1. The number of rotatable bonds is 14. The van der Waals surface area contributed by atoms with Crippen molar-refractivity contribution >= 4 is 39.5 Å². The van der Waals surface area contributed by atoms with Crippen LogP contribution in [0.15, 0.2) is 113 Å². The molecule has 1 amide bonds. The Morgan fingerprint density at radius 2 is 1.70 bits per heavy atom. The molecular formula is C35H34BrFN2O4S. The lowest BCUT2D eigenvalue weighted by molar-refractivity contribution is -0.128. The maximum absolute atomic E-state index is 14.3. The van der Waals surface area contributed by atoms with E-state index in [1.54, 1.807) is 23.9 Å². The molecule has 228 valence electrons. The zero-order valence-corrected chi connectivity index (χ0v) is 26.5. The Hall–Kier alpha value is -3.66. The standard InChI is InChI=1S/C35H34BrFN2O4S/c36-31-10-5-4-9-30(31)32-35(23-25-7-2-1-3-8-25,34(41)38-19-22-44-24-26-11-15-28(37)16-12-26)39-33(43-32)27-13-17-29(18-14-27)42-21-6-20-40/h1-5,7-18,32,40H,6,19-24H2,(H,38,41)/t32-,35-/m1/s1. The van der Waals surface area contributed by atoms with E-state index in [2.05, 4.69) is 21.2 Å². The maximum Gasteiger partial charge on any atom is 0.252 e. The first-order chi connectivity index (χ1) is 21.5. The Kier molecular flexibility index (Phi) is 11.1. The lowest BCUT2D eigenvalue weighted by Crippen LogP contribution is -2.50. The van der Waals surface area contributed by atoms with E-state index in [0.29, 0.717) is 43.4 Å². The van der Waals surface area contributed by atoms with Gasteiger partial charge in [0, 0.05) is 53.1 Å². The molecule has 4 aromatic carbocycles. The van der Waals surface area contributed by atoms with Gasteiger partial charge in [-0.1, -0.05) is 76.6 Å². The summed E-state index contributed by atoms with van der Waals surface area (Å²) < 4.78 is 26.4. The van der Waals surface area contributed by atoms with E-state index in [1.807, 2.05) is 78.9 Å². The predicted molar refractivity (Wildman–Crippen MR) is 177 cm³/mol. The van der Waals surface area contributed by atoms with Gasteiger partial charge in [0.2, 0.25) is 5.90 Å². The quantitative estimate of drug-likeness (QED) is 0.142. The minimum atomic E-state index is -1.28. The van der Waals surface area contributed by atoms with Crippen LogP contribution < -0.4 is 10.1 Å². The minimum absolute atomic E-state index is 0.0671. The molecule has 1 aliphatic heterocycles. The monoisotopic (exact) mass is 676 g/mol. The summed E-state index contributed by atoms with van der Waals surface area (Å²) in [6.45, 7) is 0.923. The predicted octanol–water partition coefficient (Wildman–Crippen LogP) is 6.90. The highest BCUT2D eigenvalue weighted by atomic mass is 79.9. The van der Waals surface area contributed by atoms with E-state index in [4.69, 9.17) is 19.6 Å². The molecule has 1 aliphatic rings. The van der Waals surface area contributed by atoms with Crippen molar-refractivity contribution in [2.24, 2.45) is 4.99 Å². The van der Waals surface area contributed by atoms with Gasteiger partial charge in [-0.2, -0.15) is 11.8 Å². The van der Waals surface area contributed by atoms with E-state index in [0.717, 1.165) is 32.5 Å². The third-order valence-electron chi connectivity index (χ3n) is 7.25. The van der Waals surface area contributed by atoms with Crippen LogP contribution in [0.1, 0.15) is 34.8 Å². The fourth-order valence-electron chi connectivity index (χ4n) is 5.01. The van der Waals surface area contributed by atoms with Gasteiger partial charge in [-0.25, -0.2) is 9.38 Å². The number of hydrogen-bond donors (Lipinski definition) is 2. The number of halogens is 2. The second-order valence-electron chi connectivity index (χ2n) is 10.4. The first kappa shape index (κ1) is 31.8. The van der Waals surface area contributed by atoms with Gasteiger partial charge in [0.25, 0.3) is 5.91 Å². The van der Waals surface area contributed by atoms with Crippen LogP contribution in [0.2, 0.25) is 0 Å². The molecule has 0 spiro atoms. The molecule has 4 aromatic rings. The summed E-state index contributed by atoms with van der Waals surface area (Å²) in [5.41, 5.74) is 2.27. The highest BCUT2D eigenvalue weighted by molar-refractivity contribution is 9.10. The molecule has 0 aliphatic carbocycles. The summed E-state index contributed by atoms with van der Waals surface area (Å²) >= 11 is 5.35. The lowest BCUT2D eigenvalue weighted by Gasteiger charge is -2.31. The van der Waals surface area contributed by atoms with Crippen molar-refractivity contribution in [3.8, 4) is 5.75 Å². The summed E-state index contributed by atoms with van der Waals surface area (Å²) in [6, 6.07) is 31.5. The molecule has 0 aromatic heterocycles. The SMILES string of the molecule is O=C(NCCSCc1ccc(F)cc1)[C@]1(Cc2ccccc2)N=C(c2ccc(OCCCO)cc2)O[C@@H]1c1ccccc1Br. The Labute approximate surface area is 269 Å². The van der Waals surface area contributed by atoms with Crippen molar-refractivity contribution in [3.63, 3.8) is 0 Å². The number of amides is 1. The van der Waals surface area contributed by atoms with E-state index in [9.17, 15) is 9.18 Å². The van der Waals surface area contributed by atoms with Crippen molar-refractivity contribution < 1.29 is 23.8 Å². The van der Waals surface area contributed by atoms with Crippen molar-refractivity contribution in [2.75, 3.05) is 25.5 Å². The molecule has 2 N–H and O–H groups in total. The molecule has 44 heavy (non-hydrogen) atoms. The fourth-order valence-corrected chi connectivity index (χ4v) is 6.33. The van der Waals surface area contributed by atoms with Crippen LogP contribution in [0.25, 0.3) is 0 Å². The first-order valence-corrected chi connectivity index (χ1v) is 16.4. The van der Waals surface area contributed by atoms with Gasteiger partial charge in [-0.3, -0.25) is 4.79 Å². The summed E-state index contributed by atoms with van der Waals surface area (Å²) in [5, 5.41) is 12.2. The largest absolute Gasteiger partial charge is 0.494 e. The van der Waals surface area contributed by atoms with Crippen LogP contribution in [0.4, 0.5) is 4.39 Å². The van der Waals surface area contributed by atoms with E-state index < -0.39 is 11.6 Å². The molecule has 0 unspecified atom stereocenters. The van der Waals surface area contributed by atoms with Crippen LogP contribution >= 0.6 is 27.7 Å². The van der Waals surface area contributed by atoms with Crippen molar-refractivity contribution in [2.45, 2.75) is 30.2 Å². The third kappa shape index (κ3) is 7.88. The Bertz CT molecular complexity index is 1550. The Morgan fingerprint density at radius 3 is 2.43 bits per heavy atom. The van der Waals surface area contributed by atoms with Crippen molar-refractivity contribution in [1.29, 1.82) is 0 Å². The second kappa shape index (κ2) is 15.4. The number of hydrogen-bond acceptors (Lipinski definition) is 6. The average Bonchev–Trinajstić information content (AvgIpc) is 3.43. The summed E-state index contributed by atoms with van der Waals surface area (Å²) in [6.07, 6.45) is 0.188. The summed E-state index contributed by atoms with van der Waals surface area (Å²) in [5.74, 6) is 1.98. The van der Waals surface area contributed by atoms with Crippen molar-refractivity contribution in [1.82, 2.24) is 5.32 Å². The van der Waals surface area contributed by atoms with Gasteiger partial charge in [-0.05, 0) is 53.6 Å². The number of carbonyl (C=O) groups excluding carboxylic acids is 1. The van der Waals surface area contributed by atoms with Gasteiger partial charge < -0.3 is 19.9 Å². The zero-order valence-electron chi connectivity index (χ0n) is 24.1. The number of ether oxygens (including phenoxy) is 2. The topological polar surface area (TPSA) is 80.2 Å². The number of aliphatic hydroxyl groups excluding tert-OH is 1. The maximum atomic E-state index is 14.3. The molecule has 2 atom stereocenters. The van der Waals surface area contributed by atoms with Crippen LogP contribution in [0.5, 0.6) is 5.75 Å². The highest BCUT2D eigenvalue weighted by Crippen LogP contribution is 2.44. The summed E-state index contributed by atoms with van der Waals surface area (Å²) in [4.78, 5) is 19.4. The molecular weight excluding hydrogens is 643 g/mol. The number of aliphatic hydroxyl groups is 1. The number of benzene rings is 4. The number of nitrogens with zero attached hydrogens (tertiary/aromatic N) is 1. The molecule has 5 rings (SSSR count). The zero-order chi connectivity index (χ0) is 30.8. The molecule has 9 heteroatoms. The highest BCUT2D eigenvalue weighted by Gasteiger charge is 2.53.